The molecule has 1 aliphatic heterocycles. The second-order valence-corrected chi connectivity index (χ2v) is 10.6. The van der Waals surface area contributed by atoms with Gasteiger partial charge in [0, 0.05) is 32.3 Å². The Bertz CT molecular complexity index is 1210. The second kappa shape index (κ2) is 9.13. The molecule has 1 amide bonds. The van der Waals surface area contributed by atoms with E-state index in [-0.39, 0.29) is 23.1 Å². The maximum Gasteiger partial charge on any atom is 0.411 e. The highest BCUT2D eigenvalue weighted by Crippen LogP contribution is 2.44. The molecule has 2 aromatic carbocycles. The van der Waals surface area contributed by atoms with E-state index in [1.165, 1.54) is 0 Å². The van der Waals surface area contributed by atoms with E-state index in [1.54, 1.807) is 23.9 Å². The predicted molar refractivity (Wildman–Crippen MR) is 136 cm³/mol. The van der Waals surface area contributed by atoms with Crippen molar-refractivity contribution in [1.82, 2.24) is 9.47 Å². The molecule has 5 nitrogen and oxygen atoms in total. The van der Waals surface area contributed by atoms with Crippen LogP contribution in [0, 0.1) is 5.41 Å². The van der Waals surface area contributed by atoms with Crippen molar-refractivity contribution in [3.05, 3.63) is 94.4 Å². The molecule has 5 heteroatoms. The zero-order valence-corrected chi connectivity index (χ0v) is 20.7. The third-order valence-electron chi connectivity index (χ3n) is 6.69. The summed E-state index contributed by atoms with van der Waals surface area (Å²) in [7, 11) is 1.74. The van der Waals surface area contributed by atoms with Crippen molar-refractivity contribution in [2.45, 2.75) is 52.2 Å². The Hall–Kier alpha value is -3.34. The van der Waals surface area contributed by atoms with Crippen molar-refractivity contribution in [3.63, 3.8) is 0 Å². The number of cyclic esters (lactones) is 1. The summed E-state index contributed by atoms with van der Waals surface area (Å²) in [4.78, 5) is 27.1. The summed E-state index contributed by atoms with van der Waals surface area (Å²) in [6, 6.07) is 21.6. The van der Waals surface area contributed by atoms with E-state index in [4.69, 9.17) is 4.74 Å². The number of amides is 1. The van der Waals surface area contributed by atoms with E-state index in [2.05, 4.69) is 32.9 Å². The number of carbonyl (C=O) groups excluding carboxylic acids is 1. The lowest BCUT2D eigenvalue weighted by Crippen LogP contribution is -2.50. The van der Waals surface area contributed by atoms with Crippen molar-refractivity contribution >= 4 is 6.09 Å². The Morgan fingerprint density at radius 3 is 2.24 bits per heavy atom. The molecule has 0 aliphatic carbocycles. The molecule has 1 saturated heterocycles. The molecular formula is C29H34N2O3. The quantitative estimate of drug-likeness (QED) is 0.452. The fourth-order valence-corrected chi connectivity index (χ4v) is 4.91. The van der Waals surface area contributed by atoms with Gasteiger partial charge in [-0.1, -0.05) is 75.4 Å². The van der Waals surface area contributed by atoms with Crippen LogP contribution >= 0.6 is 0 Å². The molecule has 178 valence electrons. The Balaban J connectivity index is 1.54. The van der Waals surface area contributed by atoms with Gasteiger partial charge in [0.15, 0.2) is 0 Å². The molecule has 2 atom stereocenters. The Kier molecular flexibility index (Phi) is 6.39. The van der Waals surface area contributed by atoms with Gasteiger partial charge in [0.2, 0.25) is 0 Å². The van der Waals surface area contributed by atoms with Gasteiger partial charge in [-0.15, -0.1) is 0 Å². The van der Waals surface area contributed by atoms with Crippen LogP contribution in [0.25, 0.3) is 11.1 Å². The van der Waals surface area contributed by atoms with E-state index in [0.29, 0.717) is 6.54 Å². The lowest BCUT2D eigenvalue weighted by Gasteiger charge is -2.46. The van der Waals surface area contributed by atoms with Gasteiger partial charge < -0.3 is 14.2 Å². The molecular weight excluding hydrogens is 424 g/mol. The lowest BCUT2D eigenvalue weighted by atomic mass is 9.75. The smallest absolute Gasteiger partial charge is 0.411 e. The van der Waals surface area contributed by atoms with E-state index < -0.39 is 5.60 Å². The number of pyridine rings is 1. The van der Waals surface area contributed by atoms with Crippen molar-refractivity contribution in [2.75, 3.05) is 6.54 Å². The van der Waals surface area contributed by atoms with Crippen LogP contribution in [0.3, 0.4) is 0 Å². The third kappa shape index (κ3) is 4.93. The minimum absolute atomic E-state index is 0.0121. The molecule has 2 heterocycles. The van der Waals surface area contributed by atoms with Crippen molar-refractivity contribution in [1.29, 1.82) is 0 Å². The first-order valence-electron chi connectivity index (χ1n) is 11.9. The zero-order chi connectivity index (χ0) is 24.5. The van der Waals surface area contributed by atoms with Crippen LogP contribution in [-0.4, -0.2) is 22.1 Å². The minimum atomic E-state index is -0.615. The molecule has 0 radical (unpaired) electrons. The summed E-state index contributed by atoms with van der Waals surface area (Å²) in [5.74, 6) is 0. The van der Waals surface area contributed by atoms with Crippen molar-refractivity contribution < 1.29 is 9.53 Å². The van der Waals surface area contributed by atoms with Gasteiger partial charge in [-0.2, -0.15) is 0 Å². The third-order valence-corrected chi connectivity index (χ3v) is 6.69. The molecule has 3 aromatic rings. The Labute approximate surface area is 202 Å². The molecule has 0 bridgehead atoms. The molecule has 2 unspecified atom stereocenters. The maximum absolute atomic E-state index is 13.3. The Morgan fingerprint density at radius 1 is 0.971 bits per heavy atom. The van der Waals surface area contributed by atoms with E-state index in [1.807, 2.05) is 60.4 Å². The monoisotopic (exact) mass is 458 g/mol. The summed E-state index contributed by atoms with van der Waals surface area (Å²) in [5.41, 5.74) is 3.31. The number of benzene rings is 2. The topological polar surface area (TPSA) is 51.5 Å². The molecule has 1 aliphatic rings. The highest BCUT2D eigenvalue weighted by Gasteiger charge is 2.45. The van der Waals surface area contributed by atoms with Gasteiger partial charge >= 0.3 is 6.09 Å². The molecule has 0 N–H and O–H groups in total. The molecule has 34 heavy (non-hydrogen) atoms. The van der Waals surface area contributed by atoms with Crippen molar-refractivity contribution in [2.24, 2.45) is 12.5 Å². The number of rotatable bonds is 5. The summed E-state index contributed by atoms with van der Waals surface area (Å²) < 4.78 is 7.81. The van der Waals surface area contributed by atoms with Crippen LogP contribution in [0.15, 0.2) is 77.7 Å². The average molecular weight is 459 g/mol. The standard InChI is InChI=1S/C29H34N2O3/c1-21(22-11-13-23(14-12-22)24-15-17-30(5)26(32)19-24)31-18-16-29(34-27(31)33,20-28(2,3)4)25-9-7-6-8-10-25/h6-15,17,19,21H,16,18,20H2,1-5H3. The molecule has 1 fully saturated rings. The van der Waals surface area contributed by atoms with Gasteiger partial charge in [0.25, 0.3) is 5.56 Å². The predicted octanol–water partition coefficient (Wildman–Crippen LogP) is 6.29. The normalized spacial score (nSPS) is 19.6. The summed E-state index contributed by atoms with van der Waals surface area (Å²) in [6.45, 7) is 9.22. The highest BCUT2D eigenvalue weighted by atomic mass is 16.6. The zero-order valence-electron chi connectivity index (χ0n) is 20.7. The van der Waals surface area contributed by atoms with Crippen LogP contribution in [0.1, 0.15) is 57.7 Å². The first-order valence-corrected chi connectivity index (χ1v) is 11.9. The largest absolute Gasteiger partial charge is 0.438 e. The first kappa shape index (κ1) is 23.8. The van der Waals surface area contributed by atoms with Gasteiger partial charge in [-0.05, 0) is 47.1 Å². The van der Waals surface area contributed by atoms with Gasteiger partial charge in [0.1, 0.15) is 5.60 Å². The summed E-state index contributed by atoms with van der Waals surface area (Å²) in [5, 5.41) is 0. The number of hydrogen-bond acceptors (Lipinski definition) is 3. The van der Waals surface area contributed by atoms with Crippen LogP contribution in [0.4, 0.5) is 4.79 Å². The van der Waals surface area contributed by atoms with Crippen LogP contribution < -0.4 is 5.56 Å². The fourth-order valence-electron chi connectivity index (χ4n) is 4.91. The number of aryl methyl sites for hydroxylation is 1. The summed E-state index contributed by atoms with van der Waals surface area (Å²) in [6.07, 6.45) is 3.01. The lowest BCUT2D eigenvalue weighted by molar-refractivity contribution is -0.0805. The molecule has 1 aromatic heterocycles. The number of hydrogen-bond donors (Lipinski definition) is 0. The first-order chi connectivity index (χ1) is 16.1. The average Bonchev–Trinajstić information content (AvgIpc) is 2.80. The van der Waals surface area contributed by atoms with Crippen LogP contribution in [0.2, 0.25) is 0 Å². The minimum Gasteiger partial charge on any atom is -0.438 e. The number of aromatic nitrogens is 1. The Morgan fingerprint density at radius 2 is 1.65 bits per heavy atom. The second-order valence-electron chi connectivity index (χ2n) is 10.6. The van der Waals surface area contributed by atoms with Crippen LogP contribution in [0.5, 0.6) is 0 Å². The SMILES string of the molecule is CC(c1ccc(-c2ccn(C)c(=O)c2)cc1)N1CCC(CC(C)(C)C)(c2ccccc2)OC1=O. The number of carbonyl (C=O) groups is 1. The molecule has 0 saturated carbocycles. The summed E-state index contributed by atoms with van der Waals surface area (Å²) >= 11 is 0. The maximum atomic E-state index is 13.3. The molecule has 0 spiro atoms. The van der Waals surface area contributed by atoms with Crippen molar-refractivity contribution in [3.8, 4) is 11.1 Å². The number of ether oxygens (including phenoxy) is 1. The highest BCUT2D eigenvalue weighted by molar-refractivity contribution is 5.70. The number of nitrogens with zero attached hydrogens (tertiary/aromatic N) is 2. The van der Waals surface area contributed by atoms with Crippen LogP contribution in [-0.2, 0) is 17.4 Å². The van der Waals surface area contributed by atoms with Gasteiger partial charge in [-0.25, -0.2) is 4.79 Å². The molecule has 4 rings (SSSR count). The van der Waals surface area contributed by atoms with Gasteiger partial charge in [0.05, 0.1) is 6.04 Å². The van der Waals surface area contributed by atoms with E-state index in [9.17, 15) is 9.59 Å². The fraction of sp³-hybridized carbons (Fsp3) is 0.379. The van der Waals surface area contributed by atoms with E-state index in [0.717, 1.165) is 35.1 Å². The van der Waals surface area contributed by atoms with E-state index >= 15 is 0 Å². The van der Waals surface area contributed by atoms with Gasteiger partial charge in [-0.3, -0.25) is 4.79 Å².